The van der Waals surface area contributed by atoms with Crippen molar-refractivity contribution in [2.24, 2.45) is 0 Å². The van der Waals surface area contributed by atoms with Gasteiger partial charge in [-0.3, -0.25) is 4.79 Å². The van der Waals surface area contributed by atoms with E-state index in [1.54, 1.807) is 25.1 Å². The normalized spacial score (nSPS) is 11.6. The molecule has 7 heteroatoms. The van der Waals surface area contributed by atoms with Crippen molar-refractivity contribution < 1.29 is 17.9 Å². The molecule has 1 aromatic heterocycles. The fourth-order valence-electron chi connectivity index (χ4n) is 1.40. The Morgan fingerprint density at radius 3 is 2.78 bits per heavy atom. The van der Waals surface area contributed by atoms with Gasteiger partial charge in [-0.05, 0) is 19.1 Å². The number of benzene rings is 1. The number of rotatable bonds is 4. The average Bonchev–Trinajstić information content (AvgIpc) is 2.72. The molecule has 0 fully saturated rings. The van der Waals surface area contributed by atoms with Gasteiger partial charge in [0.15, 0.2) is 5.75 Å². The minimum atomic E-state index is -3.71. The van der Waals surface area contributed by atoms with E-state index in [1.165, 1.54) is 0 Å². The van der Waals surface area contributed by atoms with Crippen LogP contribution in [0.1, 0.15) is 6.92 Å². The van der Waals surface area contributed by atoms with Crippen molar-refractivity contribution in [3.05, 3.63) is 24.3 Å². The summed E-state index contributed by atoms with van der Waals surface area (Å²) in [7, 11) is -3.71. The van der Waals surface area contributed by atoms with Gasteiger partial charge in [0, 0.05) is 0 Å². The molecule has 96 valence electrons. The summed E-state index contributed by atoms with van der Waals surface area (Å²) in [4.78, 5) is 15.2. The summed E-state index contributed by atoms with van der Waals surface area (Å²) in [6.07, 6.45) is 0. The van der Waals surface area contributed by atoms with Gasteiger partial charge in [0.2, 0.25) is 14.2 Å². The largest absolute Gasteiger partial charge is 0.465 e. The van der Waals surface area contributed by atoms with Crippen LogP contribution in [0.3, 0.4) is 0 Å². The molecule has 0 aliphatic heterocycles. The minimum absolute atomic E-state index is 0.0447. The summed E-state index contributed by atoms with van der Waals surface area (Å²) in [5.41, 5.74) is 0.616. The third kappa shape index (κ3) is 2.68. The molecule has 0 radical (unpaired) electrons. The maximum Gasteiger partial charge on any atom is 0.321 e. The van der Waals surface area contributed by atoms with Crippen LogP contribution in [0.4, 0.5) is 0 Å². The van der Waals surface area contributed by atoms with Gasteiger partial charge >= 0.3 is 5.97 Å². The molecule has 0 aliphatic carbocycles. The smallest absolute Gasteiger partial charge is 0.321 e. The fraction of sp³-hybridized carbons (Fsp3) is 0.273. The van der Waals surface area contributed by atoms with Gasteiger partial charge in [-0.1, -0.05) is 12.1 Å². The summed E-state index contributed by atoms with van der Waals surface area (Å²) in [5, 5.41) is 0. The molecule has 0 saturated carbocycles. The predicted molar refractivity (Wildman–Crippen MR) is 68.3 cm³/mol. The molecule has 0 saturated heterocycles. The Morgan fingerprint density at radius 1 is 1.39 bits per heavy atom. The molecular weight excluding hydrogens is 274 g/mol. The number of hydrogen-bond donors (Lipinski definition) is 0. The van der Waals surface area contributed by atoms with E-state index in [9.17, 15) is 13.2 Å². The van der Waals surface area contributed by atoms with Crippen LogP contribution in [0.2, 0.25) is 0 Å². The minimum Gasteiger partial charge on any atom is -0.465 e. The molecule has 5 nitrogen and oxygen atoms in total. The Balaban J connectivity index is 2.32. The molecule has 1 aromatic carbocycles. The lowest BCUT2D eigenvalue weighted by Crippen LogP contribution is -2.18. The Hall–Kier alpha value is -1.47. The lowest BCUT2D eigenvalue weighted by Gasteiger charge is -2.00. The molecular formula is C11H11NO4S2. The van der Waals surface area contributed by atoms with Crippen molar-refractivity contribution >= 4 is 37.4 Å². The van der Waals surface area contributed by atoms with E-state index in [0.717, 1.165) is 16.0 Å². The first-order valence-electron chi connectivity index (χ1n) is 5.27. The summed E-state index contributed by atoms with van der Waals surface area (Å²) < 4.78 is 29.2. The van der Waals surface area contributed by atoms with E-state index in [0.29, 0.717) is 5.52 Å². The zero-order valence-electron chi connectivity index (χ0n) is 9.62. The topological polar surface area (TPSA) is 73.3 Å². The van der Waals surface area contributed by atoms with E-state index in [2.05, 4.69) is 9.72 Å². The molecule has 0 N–H and O–H groups in total. The molecule has 0 amide bonds. The molecule has 0 unspecified atom stereocenters. The highest BCUT2D eigenvalue weighted by molar-refractivity contribution is 7.94. The van der Waals surface area contributed by atoms with E-state index in [4.69, 9.17) is 0 Å². The summed E-state index contributed by atoms with van der Waals surface area (Å²) in [6, 6.07) is 7.11. The van der Waals surface area contributed by atoms with Crippen LogP contribution in [-0.4, -0.2) is 31.7 Å². The monoisotopic (exact) mass is 285 g/mol. The number of sulfone groups is 1. The zero-order chi connectivity index (χ0) is 13.2. The Bertz CT molecular complexity index is 642. The number of carbonyl (C=O) groups excluding carboxylic acids is 1. The second-order valence-electron chi connectivity index (χ2n) is 3.51. The number of carbonyl (C=O) groups is 1. The first-order valence-corrected chi connectivity index (χ1v) is 7.74. The number of para-hydroxylation sites is 1. The summed E-state index contributed by atoms with van der Waals surface area (Å²) in [6.45, 7) is 1.79. The number of thiazole rings is 1. The number of nitrogens with zero attached hydrogens (tertiary/aromatic N) is 1. The average molecular weight is 285 g/mol. The van der Waals surface area contributed by atoms with E-state index in [-0.39, 0.29) is 10.9 Å². The van der Waals surface area contributed by atoms with Crippen LogP contribution in [0.15, 0.2) is 28.6 Å². The van der Waals surface area contributed by atoms with Crippen molar-refractivity contribution in [1.82, 2.24) is 4.98 Å². The maximum atomic E-state index is 11.9. The maximum absolute atomic E-state index is 11.9. The molecule has 0 spiro atoms. The van der Waals surface area contributed by atoms with Crippen molar-refractivity contribution in [3.8, 4) is 0 Å². The zero-order valence-corrected chi connectivity index (χ0v) is 11.3. The molecule has 2 aromatic rings. The molecule has 0 bridgehead atoms. The van der Waals surface area contributed by atoms with Crippen LogP contribution in [0, 0.1) is 0 Å². The Morgan fingerprint density at radius 2 is 2.11 bits per heavy atom. The van der Waals surface area contributed by atoms with E-state index in [1.807, 2.05) is 6.07 Å². The van der Waals surface area contributed by atoms with Gasteiger partial charge in [-0.15, -0.1) is 11.3 Å². The van der Waals surface area contributed by atoms with Crippen molar-refractivity contribution in [1.29, 1.82) is 0 Å². The number of fused-ring (bicyclic) bond motifs is 1. The van der Waals surface area contributed by atoms with Crippen LogP contribution in [0.25, 0.3) is 10.2 Å². The molecule has 0 aliphatic rings. The summed E-state index contributed by atoms with van der Waals surface area (Å²) >= 11 is 1.06. The van der Waals surface area contributed by atoms with Crippen molar-refractivity contribution in [3.63, 3.8) is 0 Å². The van der Waals surface area contributed by atoms with Gasteiger partial charge in [0.25, 0.3) is 0 Å². The molecule has 18 heavy (non-hydrogen) atoms. The highest BCUT2D eigenvalue weighted by Crippen LogP contribution is 2.25. The quantitative estimate of drug-likeness (QED) is 0.798. The van der Waals surface area contributed by atoms with Crippen LogP contribution in [-0.2, 0) is 19.4 Å². The van der Waals surface area contributed by atoms with Crippen LogP contribution >= 0.6 is 11.3 Å². The highest BCUT2D eigenvalue weighted by Gasteiger charge is 2.24. The van der Waals surface area contributed by atoms with Crippen LogP contribution < -0.4 is 0 Å². The van der Waals surface area contributed by atoms with Crippen molar-refractivity contribution in [2.75, 3.05) is 12.4 Å². The third-order valence-electron chi connectivity index (χ3n) is 2.15. The van der Waals surface area contributed by atoms with Gasteiger partial charge in [0.05, 0.1) is 16.8 Å². The lowest BCUT2D eigenvalue weighted by molar-refractivity contribution is -0.139. The lowest BCUT2D eigenvalue weighted by atomic mass is 10.3. The Labute approximate surface area is 108 Å². The van der Waals surface area contributed by atoms with Crippen LogP contribution in [0.5, 0.6) is 0 Å². The number of ether oxygens (including phenoxy) is 1. The fourth-order valence-corrected chi connectivity index (χ4v) is 3.81. The van der Waals surface area contributed by atoms with Gasteiger partial charge in [0.1, 0.15) is 0 Å². The predicted octanol–water partition coefficient (Wildman–Crippen LogP) is 1.63. The van der Waals surface area contributed by atoms with Gasteiger partial charge in [-0.25, -0.2) is 13.4 Å². The van der Waals surface area contributed by atoms with Gasteiger partial charge in [-0.2, -0.15) is 0 Å². The molecule has 2 rings (SSSR count). The third-order valence-corrected chi connectivity index (χ3v) is 5.24. The molecule has 1 heterocycles. The van der Waals surface area contributed by atoms with E-state index >= 15 is 0 Å². The standard InChI is InChI=1S/C11H11NO4S2/c1-2-16-10(13)7-18(14,15)11-12-8-5-3-4-6-9(8)17-11/h3-6H,2,7H2,1H3. The second kappa shape index (κ2) is 5.03. The van der Waals surface area contributed by atoms with Gasteiger partial charge < -0.3 is 4.74 Å². The molecule has 0 atom stereocenters. The number of aromatic nitrogens is 1. The van der Waals surface area contributed by atoms with E-state index < -0.39 is 21.6 Å². The number of hydrogen-bond acceptors (Lipinski definition) is 6. The SMILES string of the molecule is CCOC(=O)CS(=O)(=O)c1nc2ccccc2s1. The summed E-state index contributed by atoms with van der Waals surface area (Å²) in [5.74, 6) is -1.42. The second-order valence-corrected chi connectivity index (χ2v) is 6.71. The first-order chi connectivity index (χ1) is 8.53. The first kappa shape index (κ1) is 13.0. The highest BCUT2D eigenvalue weighted by atomic mass is 32.2. The Kier molecular flexibility index (Phi) is 3.63. The van der Waals surface area contributed by atoms with Crippen molar-refractivity contribution in [2.45, 2.75) is 11.3 Å². The number of esters is 1.